The molecule has 142 valence electrons. The Morgan fingerprint density at radius 3 is 3.04 bits per heavy atom. The van der Waals surface area contributed by atoms with E-state index in [4.69, 9.17) is 0 Å². The first-order valence-corrected chi connectivity index (χ1v) is 10.5. The van der Waals surface area contributed by atoms with Gasteiger partial charge in [0.25, 0.3) is 5.24 Å². The summed E-state index contributed by atoms with van der Waals surface area (Å²) in [6, 6.07) is 8.64. The summed E-state index contributed by atoms with van der Waals surface area (Å²) in [5.74, 6) is 1.51. The minimum atomic E-state index is -0.0753. The van der Waals surface area contributed by atoms with Gasteiger partial charge < -0.3 is 10.2 Å². The molecule has 0 bridgehead atoms. The molecule has 1 N–H and O–H groups in total. The van der Waals surface area contributed by atoms with Crippen molar-refractivity contribution in [1.82, 2.24) is 14.7 Å². The monoisotopic (exact) mass is 384 g/mol. The molecule has 6 nitrogen and oxygen atoms in total. The van der Waals surface area contributed by atoms with Crippen molar-refractivity contribution < 1.29 is 9.59 Å². The van der Waals surface area contributed by atoms with E-state index < -0.39 is 0 Å². The Kier molecular flexibility index (Phi) is 5.20. The topological polar surface area (TPSA) is 67.2 Å². The molecule has 27 heavy (non-hydrogen) atoms. The van der Waals surface area contributed by atoms with Crippen LogP contribution >= 0.6 is 11.8 Å². The van der Waals surface area contributed by atoms with Gasteiger partial charge in [-0.15, -0.1) is 0 Å². The number of rotatable bonds is 5. The highest BCUT2D eigenvalue weighted by Crippen LogP contribution is 2.35. The summed E-state index contributed by atoms with van der Waals surface area (Å²) in [6.07, 6.45) is 5.34. The quantitative estimate of drug-likeness (QED) is 0.855. The van der Waals surface area contributed by atoms with Crippen molar-refractivity contribution in [2.45, 2.75) is 38.6 Å². The maximum Gasteiger partial charge on any atom is 0.281 e. The van der Waals surface area contributed by atoms with Crippen LogP contribution in [0.1, 0.15) is 42.0 Å². The second-order valence-corrected chi connectivity index (χ2v) is 8.17. The fraction of sp³-hybridized carbons (Fsp3) is 0.450. The predicted octanol–water partition coefficient (Wildman–Crippen LogP) is 3.61. The lowest BCUT2D eigenvalue weighted by Crippen LogP contribution is -2.28. The number of benzene rings is 1. The maximum absolute atomic E-state index is 12.5. The van der Waals surface area contributed by atoms with E-state index in [0.29, 0.717) is 13.0 Å². The van der Waals surface area contributed by atoms with Gasteiger partial charge in [0.2, 0.25) is 5.91 Å². The van der Waals surface area contributed by atoms with Crippen molar-refractivity contribution in [1.29, 1.82) is 0 Å². The Labute approximate surface area is 163 Å². The zero-order chi connectivity index (χ0) is 18.8. The van der Waals surface area contributed by atoms with Crippen LogP contribution in [-0.2, 0) is 11.2 Å². The summed E-state index contributed by atoms with van der Waals surface area (Å²) in [7, 11) is 0. The molecule has 1 unspecified atom stereocenters. The lowest BCUT2D eigenvalue weighted by atomic mass is 9.88. The third kappa shape index (κ3) is 3.74. The van der Waals surface area contributed by atoms with Crippen LogP contribution in [0.25, 0.3) is 0 Å². The average molecular weight is 385 g/mol. The molecule has 1 aromatic carbocycles. The molecule has 1 fully saturated rings. The smallest absolute Gasteiger partial charge is 0.281 e. The fourth-order valence-corrected chi connectivity index (χ4v) is 4.73. The molecule has 7 heteroatoms. The normalized spacial score (nSPS) is 19.2. The average Bonchev–Trinajstić information content (AvgIpc) is 3.25. The van der Waals surface area contributed by atoms with E-state index in [-0.39, 0.29) is 17.2 Å². The molecule has 0 saturated carbocycles. The molecular weight excluding hydrogens is 360 g/mol. The molecule has 0 radical (unpaired) electrons. The number of anilines is 1. The zero-order valence-corrected chi connectivity index (χ0v) is 16.3. The van der Waals surface area contributed by atoms with E-state index in [9.17, 15) is 9.59 Å². The molecule has 1 saturated heterocycles. The van der Waals surface area contributed by atoms with Gasteiger partial charge in [-0.1, -0.05) is 36.0 Å². The number of nitrogens with one attached hydrogen (secondary N) is 1. The number of aryl methyl sites for hydroxylation is 2. The van der Waals surface area contributed by atoms with E-state index >= 15 is 0 Å². The molecule has 1 aromatic heterocycles. The molecule has 0 spiro atoms. The third-order valence-electron chi connectivity index (χ3n) is 5.32. The molecule has 1 aliphatic heterocycles. The maximum atomic E-state index is 12.5. The standard InChI is InChI=1S/C20H24N4O2S/c1-14-13-21-24(17-8-4-6-15-5-2-3-7-16(15)17)19(14)22-18(25)9-10-23-11-12-27-20(23)26/h2-3,5,7,13,17H,4,6,8-12H2,1H3,(H,22,25). The molecular formula is C20H24N4O2S. The molecule has 2 amide bonds. The van der Waals surface area contributed by atoms with Gasteiger partial charge in [0, 0.05) is 30.8 Å². The van der Waals surface area contributed by atoms with Crippen LogP contribution in [0.3, 0.4) is 0 Å². The van der Waals surface area contributed by atoms with Crippen molar-refractivity contribution in [3.63, 3.8) is 0 Å². The number of aromatic nitrogens is 2. The largest absolute Gasteiger partial charge is 0.332 e. The number of nitrogens with zero attached hydrogens (tertiary/aromatic N) is 3. The number of carbonyl (C=O) groups is 2. The Hall–Kier alpha value is -2.28. The number of hydrogen-bond donors (Lipinski definition) is 1. The van der Waals surface area contributed by atoms with Crippen molar-refractivity contribution in [3.05, 3.63) is 47.2 Å². The Balaban J connectivity index is 1.49. The summed E-state index contributed by atoms with van der Waals surface area (Å²) in [5, 5.41) is 7.69. The molecule has 1 aliphatic carbocycles. The van der Waals surface area contributed by atoms with Crippen molar-refractivity contribution in [2.75, 3.05) is 24.2 Å². The van der Waals surface area contributed by atoms with Crippen molar-refractivity contribution in [3.8, 4) is 0 Å². The molecule has 4 rings (SSSR count). The molecule has 2 aliphatic rings. The molecule has 2 heterocycles. The van der Waals surface area contributed by atoms with E-state index in [1.807, 2.05) is 17.8 Å². The van der Waals surface area contributed by atoms with Gasteiger partial charge in [-0.2, -0.15) is 5.10 Å². The van der Waals surface area contributed by atoms with Crippen molar-refractivity contribution >= 4 is 28.7 Å². The predicted molar refractivity (Wildman–Crippen MR) is 107 cm³/mol. The van der Waals surface area contributed by atoms with Gasteiger partial charge in [-0.05, 0) is 37.3 Å². The number of amides is 2. The van der Waals surface area contributed by atoms with Crippen LogP contribution in [0.5, 0.6) is 0 Å². The zero-order valence-electron chi connectivity index (χ0n) is 15.5. The van der Waals surface area contributed by atoms with Gasteiger partial charge in [0.1, 0.15) is 5.82 Å². The summed E-state index contributed by atoms with van der Waals surface area (Å²) in [6.45, 7) is 3.16. The highest BCUT2D eigenvalue weighted by Gasteiger charge is 2.26. The Morgan fingerprint density at radius 2 is 2.22 bits per heavy atom. The summed E-state index contributed by atoms with van der Waals surface area (Å²) in [4.78, 5) is 25.9. The fourth-order valence-electron chi connectivity index (χ4n) is 3.88. The molecule has 1 atom stereocenters. The first-order valence-electron chi connectivity index (χ1n) is 9.47. The van der Waals surface area contributed by atoms with E-state index in [1.54, 1.807) is 4.90 Å². The van der Waals surface area contributed by atoms with Gasteiger partial charge in [-0.25, -0.2) is 4.68 Å². The summed E-state index contributed by atoms with van der Waals surface area (Å²) >= 11 is 1.32. The van der Waals surface area contributed by atoms with Crippen LogP contribution in [-0.4, -0.2) is 44.7 Å². The highest BCUT2D eigenvalue weighted by molar-refractivity contribution is 8.13. The second-order valence-electron chi connectivity index (χ2n) is 7.13. The summed E-state index contributed by atoms with van der Waals surface area (Å²) < 4.78 is 1.96. The van der Waals surface area contributed by atoms with Crippen molar-refractivity contribution in [2.24, 2.45) is 0 Å². The highest BCUT2D eigenvalue weighted by atomic mass is 32.2. The van der Waals surface area contributed by atoms with E-state index in [1.165, 1.54) is 22.9 Å². The Morgan fingerprint density at radius 1 is 1.37 bits per heavy atom. The minimum Gasteiger partial charge on any atom is -0.332 e. The molecule has 2 aromatic rings. The lowest BCUT2D eigenvalue weighted by molar-refractivity contribution is -0.116. The number of hydrogen-bond acceptors (Lipinski definition) is 4. The van der Waals surface area contributed by atoms with Gasteiger partial charge >= 0.3 is 0 Å². The van der Waals surface area contributed by atoms with Gasteiger partial charge in [0.05, 0.1) is 12.2 Å². The second kappa shape index (κ2) is 7.76. The SMILES string of the molecule is Cc1cnn(C2CCCc3ccccc32)c1NC(=O)CCN1CCSC1=O. The number of carbonyl (C=O) groups excluding carboxylic acids is 2. The van der Waals surface area contributed by atoms with Crippen LogP contribution in [0.2, 0.25) is 0 Å². The first kappa shape index (κ1) is 18.1. The van der Waals surface area contributed by atoms with Crippen LogP contribution in [0, 0.1) is 6.92 Å². The van der Waals surface area contributed by atoms with E-state index in [0.717, 1.165) is 42.9 Å². The number of thioether (sulfide) groups is 1. The van der Waals surface area contributed by atoms with E-state index in [2.05, 4.69) is 34.7 Å². The third-order valence-corrected chi connectivity index (χ3v) is 6.21. The van der Waals surface area contributed by atoms with Crippen LogP contribution in [0.4, 0.5) is 10.6 Å². The first-order chi connectivity index (χ1) is 13.1. The van der Waals surface area contributed by atoms with Crippen LogP contribution in [0.15, 0.2) is 30.5 Å². The van der Waals surface area contributed by atoms with Gasteiger partial charge in [0.15, 0.2) is 0 Å². The summed E-state index contributed by atoms with van der Waals surface area (Å²) in [5.41, 5.74) is 3.62. The minimum absolute atomic E-state index is 0.0721. The van der Waals surface area contributed by atoms with Crippen LogP contribution < -0.4 is 5.32 Å². The lowest BCUT2D eigenvalue weighted by Gasteiger charge is -2.27. The van der Waals surface area contributed by atoms with Gasteiger partial charge in [-0.3, -0.25) is 9.59 Å². The Bertz CT molecular complexity index is 863. The number of fused-ring (bicyclic) bond motifs is 1.